The summed E-state index contributed by atoms with van der Waals surface area (Å²) in [6.07, 6.45) is 28.1. The molecule has 0 aliphatic carbocycles. The Kier molecular flexibility index (Phi) is 22.5. The number of esters is 2. The predicted octanol–water partition coefficient (Wildman–Crippen LogP) is 2.99. The first-order chi connectivity index (χ1) is 21.6. The van der Waals surface area contributed by atoms with Gasteiger partial charge in [-0.1, -0.05) is 90.9 Å². The van der Waals surface area contributed by atoms with Crippen molar-refractivity contribution in [3.63, 3.8) is 0 Å². The summed E-state index contributed by atoms with van der Waals surface area (Å²) in [6, 6.07) is 13.8. The van der Waals surface area contributed by atoms with E-state index in [9.17, 15) is 9.59 Å². The lowest BCUT2D eigenvalue weighted by Crippen LogP contribution is -3.00. The Bertz CT molecular complexity index is 1160. The molecule has 0 unspecified atom stereocenters. The molecule has 0 atom stereocenters. The Balaban J connectivity index is 0.00000529. The summed E-state index contributed by atoms with van der Waals surface area (Å²) in [5, 5.41) is 0. The number of hydrogen-bond acceptors (Lipinski definition) is 4. The maximum Gasteiger partial charge on any atom is 0.343 e. The zero-order chi connectivity index (χ0) is 31.2. The van der Waals surface area contributed by atoms with Crippen molar-refractivity contribution in [3.05, 3.63) is 84.4 Å². The number of ether oxygens (including phenoxy) is 2. The zero-order valence-electron chi connectivity index (χ0n) is 27.9. The second kappa shape index (κ2) is 25.2. The highest BCUT2D eigenvalue weighted by atomic mass is 35.5. The average molecular weight is 674 g/mol. The van der Waals surface area contributed by atoms with Gasteiger partial charge in [-0.3, -0.25) is 0 Å². The van der Waals surface area contributed by atoms with E-state index in [1.807, 2.05) is 36.9 Å². The summed E-state index contributed by atoms with van der Waals surface area (Å²) in [5.74, 6) is 0.0921. The van der Waals surface area contributed by atoms with Gasteiger partial charge in [0, 0.05) is 25.0 Å². The molecule has 6 nitrogen and oxygen atoms in total. The molecule has 0 aliphatic heterocycles. The van der Waals surface area contributed by atoms with E-state index in [-0.39, 0.29) is 24.8 Å². The number of carbonyl (C=O) groups is 2. The van der Waals surface area contributed by atoms with Crippen LogP contribution in [-0.2, 0) is 13.1 Å². The molecular formula is C38H54Cl2N2O4. The number of rotatable bonds is 22. The Labute approximate surface area is 289 Å². The van der Waals surface area contributed by atoms with Gasteiger partial charge in [0.1, 0.15) is 13.1 Å². The van der Waals surface area contributed by atoms with Crippen molar-refractivity contribution >= 4 is 11.9 Å². The number of carbonyl (C=O) groups excluding carboxylic acids is 2. The molecule has 254 valence electrons. The van der Waals surface area contributed by atoms with E-state index in [0.717, 1.165) is 25.9 Å². The molecule has 0 aliphatic rings. The van der Waals surface area contributed by atoms with Gasteiger partial charge in [-0.2, -0.15) is 0 Å². The third-order valence-corrected chi connectivity index (χ3v) is 7.98. The molecule has 0 saturated carbocycles. The number of benzene rings is 1. The summed E-state index contributed by atoms with van der Waals surface area (Å²) in [7, 11) is 0. The van der Waals surface area contributed by atoms with Crippen LogP contribution >= 0.6 is 0 Å². The van der Waals surface area contributed by atoms with Crippen LogP contribution in [0.5, 0.6) is 11.5 Å². The summed E-state index contributed by atoms with van der Waals surface area (Å²) < 4.78 is 15.4. The van der Waals surface area contributed by atoms with Gasteiger partial charge in [0.05, 0.1) is 11.1 Å². The second-order valence-electron chi connectivity index (χ2n) is 11.9. The van der Waals surface area contributed by atoms with Gasteiger partial charge in [0.25, 0.3) is 0 Å². The first kappa shape index (κ1) is 41.1. The van der Waals surface area contributed by atoms with Crippen molar-refractivity contribution in [2.45, 2.75) is 130 Å². The van der Waals surface area contributed by atoms with Gasteiger partial charge >= 0.3 is 11.9 Å². The quantitative estimate of drug-likeness (QED) is 0.0936. The van der Waals surface area contributed by atoms with E-state index >= 15 is 0 Å². The van der Waals surface area contributed by atoms with Crippen LogP contribution in [0, 0.1) is 0 Å². The smallest absolute Gasteiger partial charge is 0.343 e. The second-order valence-corrected chi connectivity index (χ2v) is 11.9. The molecule has 0 bridgehead atoms. The highest BCUT2D eigenvalue weighted by Crippen LogP contribution is 2.15. The monoisotopic (exact) mass is 672 g/mol. The first-order valence-corrected chi connectivity index (χ1v) is 17.1. The topological polar surface area (TPSA) is 60.4 Å². The van der Waals surface area contributed by atoms with E-state index in [2.05, 4.69) is 23.0 Å². The van der Waals surface area contributed by atoms with Crippen molar-refractivity contribution in [2.24, 2.45) is 0 Å². The maximum absolute atomic E-state index is 12.8. The Morgan fingerprint density at radius 2 is 0.826 bits per heavy atom. The predicted molar refractivity (Wildman–Crippen MR) is 175 cm³/mol. The minimum Gasteiger partial charge on any atom is -1.00 e. The number of aromatic nitrogens is 2. The zero-order valence-corrected chi connectivity index (χ0v) is 29.5. The van der Waals surface area contributed by atoms with Crippen molar-refractivity contribution in [3.8, 4) is 11.5 Å². The van der Waals surface area contributed by atoms with Crippen LogP contribution in [0.25, 0.3) is 0 Å². The molecule has 2 aromatic heterocycles. The van der Waals surface area contributed by atoms with Gasteiger partial charge < -0.3 is 34.3 Å². The molecule has 3 aromatic rings. The largest absolute Gasteiger partial charge is 1.00 e. The lowest BCUT2D eigenvalue weighted by atomic mass is 10.1. The van der Waals surface area contributed by atoms with Crippen molar-refractivity contribution in [1.29, 1.82) is 0 Å². The number of hydrogen-bond donors (Lipinski definition) is 0. The van der Waals surface area contributed by atoms with Crippen LogP contribution in [0.2, 0.25) is 0 Å². The fraction of sp³-hybridized carbons (Fsp3) is 0.526. The van der Waals surface area contributed by atoms with Crippen LogP contribution in [0.4, 0.5) is 0 Å². The third-order valence-electron chi connectivity index (χ3n) is 7.98. The fourth-order valence-corrected chi connectivity index (χ4v) is 5.33. The van der Waals surface area contributed by atoms with E-state index in [0.29, 0.717) is 22.6 Å². The number of nitrogens with zero attached hydrogens (tertiary/aromatic N) is 2. The van der Waals surface area contributed by atoms with Gasteiger partial charge in [0.2, 0.25) is 12.4 Å². The summed E-state index contributed by atoms with van der Waals surface area (Å²) >= 11 is 0. The van der Waals surface area contributed by atoms with E-state index < -0.39 is 11.9 Å². The molecule has 46 heavy (non-hydrogen) atoms. The standard InChI is InChI=1S/C38H54N2O4.2ClH/c1-3-5-7-9-11-13-15-17-27-39-29-19-21-35(31-39)43-37(41)33-23-25-34(26-24-33)38(42)44-36-22-20-30-40(32-36)28-18-16-14-12-10-8-6-4-2;;/h19-26,29-32H,3-18,27-28H2,1-2H3;2*1H/q+2;;/p-2. The Morgan fingerprint density at radius 1 is 0.500 bits per heavy atom. The number of unbranched alkanes of at least 4 members (excludes halogenated alkanes) is 14. The van der Waals surface area contributed by atoms with E-state index in [1.54, 1.807) is 36.4 Å². The Hall–Kier alpha value is -2.96. The molecular weight excluding hydrogens is 619 g/mol. The normalized spacial score (nSPS) is 10.5. The minimum atomic E-state index is -0.459. The number of halogens is 2. The molecule has 0 radical (unpaired) electrons. The summed E-state index contributed by atoms with van der Waals surface area (Å²) in [5.41, 5.74) is 0.755. The molecule has 0 fully saturated rings. The summed E-state index contributed by atoms with van der Waals surface area (Å²) in [6.45, 7) is 6.29. The highest BCUT2D eigenvalue weighted by Gasteiger charge is 2.15. The molecule has 3 rings (SSSR count). The average Bonchev–Trinajstić information content (AvgIpc) is 3.04. The first-order valence-electron chi connectivity index (χ1n) is 17.1. The molecule has 2 heterocycles. The van der Waals surface area contributed by atoms with Crippen LogP contribution in [-0.4, -0.2) is 11.9 Å². The van der Waals surface area contributed by atoms with Gasteiger partial charge in [-0.15, -0.1) is 0 Å². The lowest BCUT2D eigenvalue weighted by Gasteiger charge is -2.06. The van der Waals surface area contributed by atoms with Crippen LogP contribution < -0.4 is 43.4 Å². The van der Waals surface area contributed by atoms with Crippen molar-refractivity contribution < 1.29 is 53.0 Å². The molecule has 1 aromatic carbocycles. The van der Waals surface area contributed by atoms with Crippen LogP contribution in [0.15, 0.2) is 73.3 Å². The maximum atomic E-state index is 12.8. The van der Waals surface area contributed by atoms with Crippen LogP contribution in [0.1, 0.15) is 137 Å². The minimum absolute atomic E-state index is 0. The van der Waals surface area contributed by atoms with Crippen LogP contribution in [0.3, 0.4) is 0 Å². The third kappa shape index (κ3) is 16.6. The lowest BCUT2D eigenvalue weighted by molar-refractivity contribution is -0.697. The molecule has 0 amide bonds. The molecule has 0 saturated heterocycles. The Morgan fingerprint density at radius 3 is 1.17 bits per heavy atom. The van der Waals surface area contributed by atoms with Gasteiger partial charge in [0.15, 0.2) is 23.9 Å². The van der Waals surface area contributed by atoms with E-state index in [4.69, 9.17) is 9.47 Å². The molecule has 0 N–H and O–H groups in total. The molecule has 0 spiro atoms. The van der Waals surface area contributed by atoms with E-state index in [1.165, 1.54) is 89.9 Å². The molecule has 8 heteroatoms. The highest BCUT2D eigenvalue weighted by molar-refractivity contribution is 5.94. The van der Waals surface area contributed by atoms with Crippen molar-refractivity contribution in [2.75, 3.05) is 0 Å². The SMILES string of the molecule is CCCCCCCCCC[n+]1cccc(OC(=O)c2ccc(C(=O)Oc3ccc[n+](CCCCCCCCCC)c3)cc2)c1.[Cl-].[Cl-]. The summed E-state index contributed by atoms with van der Waals surface area (Å²) in [4.78, 5) is 25.6. The van der Waals surface area contributed by atoms with Gasteiger partial charge in [-0.05, 0) is 49.2 Å². The van der Waals surface area contributed by atoms with Gasteiger partial charge in [-0.25, -0.2) is 18.7 Å². The van der Waals surface area contributed by atoms with Crippen molar-refractivity contribution in [1.82, 2.24) is 0 Å². The fourth-order valence-electron chi connectivity index (χ4n) is 5.33. The number of pyridine rings is 2. The number of aryl methyl sites for hydroxylation is 2.